The van der Waals surface area contributed by atoms with E-state index in [0.717, 1.165) is 3.57 Å². The lowest BCUT2D eigenvalue weighted by Crippen LogP contribution is -3.59. The fourth-order valence-electron chi connectivity index (χ4n) is 1.16. The molecule has 3 nitrogen and oxygen atoms in total. The summed E-state index contributed by atoms with van der Waals surface area (Å²) in [7, 11) is -5.57. The highest BCUT2D eigenvalue weighted by Gasteiger charge is 2.49. The molecule has 20 heavy (non-hydrogen) atoms. The van der Waals surface area contributed by atoms with Gasteiger partial charge >= 0.3 is 36.8 Å². The van der Waals surface area contributed by atoms with Crippen LogP contribution in [-0.4, -0.2) is 13.9 Å². The maximum absolute atomic E-state index is 12.3. The molecule has 0 radical (unpaired) electrons. The van der Waals surface area contributed by atoms with E-state index in [-0.39, 0.29) is 12.2 Å². The molecule has 0 spiro atoms. The van der Waals surface area contributed by atoms with Gasteiger partial charge in [0.25, 0.3) is 0 Å². The summed E-state index contributed by atoms with van der Waals surface area (Å²) in [5.41, 5.74) is -5.40. The van der Waals surface area contributed by atoms with Crippen molar-refractivity contribution in [3.8, 4) is 0 Å². The van der Waals surface area contributed by atoms with Crippen LogP contribution in [0.3, 0.4) is 0 Å². The van der Waals surface area contributed by atoms with E-state index >= 15 is 0 Å². The SMILES string of the molecule is CCC/C(=C\[I+]c1ccccc1)OS(=O)(=O)C(F)(F)F. The molecule has 112 valence electrons. The van der Waals surface area contributed by atoms with Crippen molar-refractivity contribution < 1.29 is 47.0 Å². The van der Waals surface area contributed by atoms with E-state index in [0.29, 0.717) is 6.42 Å². The van der Waals surface area contributed by atoms with Crippen LogP contribution in [0, 0.1) is 3.57 Å². The Morgan fingerprint density at radius 3 is 2.40 bits per heavy atom. The van der Waals surface area contributed by atoms with Gasteiger partial charge in [0.1, 0.15) is 0 Å². The number of hydrogen-bond acceptors (Lipinski definition) is 3. The average Bonchev–Trinajstić information content (AvgIpc) is 2.36. The maximum atomic E-state index is 12.3. The molecule has 8 heteroatoms. The number of benzene rings is 1. The van der Waals surface area contributed by atoms with Gasteiger partial charge in [-0.15, -0.1) is 0 Å². The van der Waals surface area contributed by atoms with E-state index in [9.17, 15) is 21.6 Å². The fraction of sp³-hybridized carbons (Fsp3) is 0.333. The summed E-state index contributed by atoms with van der Waals surface area (Å²) in [4.78, 5) is 0. The Morgan fingerprint density at radius 2 is 1.90 bits per heavy atom. The van der Waals surface area contributed by atoms with E-state index in [2.05, 4.69) is 4.18 Å². The lowest BCUT2D eigenvalue weighted by molar-refractivity contribution is -0.558. The second kappa shape index (κ2) is 7.30. The molecular weight excluding hydrogens is 408 g/mol. The summed E-state index contributed by atoms with van der Waals surface area (Å²) >= 11 is -0.736. The van der Waals surface area contributed by atoms with Gasteiger partial charge in [0.2, 0.25) is 0 Å². The molecule has 1 aromatic rings. The molecular formula is C12H13F3IO3S+. The molecule has 1 rings (SSSR count). The molecule has 0 unspecified atom stereocenters. The van der Waals surface area contributed by atoms with E-state index < -0.39 is 36.8 Å². The van der Waals surface area contributed by atoms with Gasteiger partial charge < -0.3 is 4.18 Å². The zero-order valence-electron chi connectivity index (χ0n) is 10.5. The van der Waals surface area contributed by atoms with E-state index in [1.54, 1.807) is 6.92 Å². The third-order valence-electron chi connectivity index (χ3n) is 2.03. The highest BCUT2D eigenvalue weighted by atomic mass is 127. The van der Waals surface area contributed by atoms with Gasteiger partial charge in [-0.2, -0.15) is 21.6 Å². The quantitative estimate of drug-likeness (QED) is 0.290. The monoisotopic (exact) mass is 421 g/mol. The van der Waals surface area contributed by atoms with Crippen molar-refractivity contribution >= 4 is 10.1 Å². The van der Waals surface area contributed by atoms with E-state index in [4.69, 9.17) is 0 Å². The van der Waals surface area contributed by atoms with Crippen LogP contribution in [0.25, 0.3) is 0 Å². The van der Waals surface area contributed by atoms with Crippen LogP contribution in [-0.2, 0) is 14.3 Å². The Balaban J connectivity index is 2.85. The van der Waals surface area contributed by atoms with E-state index in [1.807, 2.05) is 30.3 Å². The highest BCUT2D eigenvalue weighted by Crippen LogP contribution is 2.27. The number of allylic oxidation sites excluding steroid dienone is 1. The molecule has 0 saturated carbocycles. The second-order valence-corrected chi connectivity index (χ2v) is 7.74. The zero-order valence-corrected chi connectivity index (χ0v) is 13.5. The smallest absolute Gasteiger partial charge is 0.376 e. The Kier molecular flexibility index (Phi) is 6.31. The Labute approximate surface area is 126 Å². The van der Waals surface area contributed by atoms with Crippen LogP contribution in [0.5, 0.6) is 0 Å². The predicted octanol–water partition coefficient (Wildman–Crippen LogP) is 0.453. The molecule has 0 aromatic heterocycles. The second-order valence-electron chi connectivity index (χ2n) is 3.71. The molecule has 0 atom stereocenters. The normalized spacial score (nSPS) is 13.3. The minimum Gasteiger partial charge on any atom is -0.376 e. The summed E-state index contributed by atoms with van der Waals surface area (Å²) in [5.74, 6) is -0.138. The van der Waals surface area contributed by atoms with Crippen LogP contribution in [0.2, 0.25) is 0 Å². The van der Waals surface area contributed by atoms with Crippen molar-refractivity contribution in [3.63, 3.8) is 0 Å². The van der Waals surface area contributed by atoms with E-state index in [1.165, 1.54) is 4.08 Å². The summed E-state index contributed by atoms with van der Waals surface area (Å²) in [6, 6.07) is 9.14. The molecule has 0 saturated heterocycles. The van der Waals surface area contributed by atoms with Crippen LogP contribution >= 0.6 is 0 Å². The first kappa shape index (κ1) is 17.3. The van der Waals surface area contributed by atoms with Crippen molar-refractivity contribution in [1.29, 1.82) is 0 Å². The third-order valence-corrected chi connectivity index (χ3v) is 5.48. The van der Waals surface area contributed by atoms with Crippen LogP contribution < -0.4 is 21.2 Å². The molecule has 0 bridgehead atoms. The highest BCUT2D eigenvalue weighted by molar-refractivity contribution is 7.87. The Hall–Kier alpha value is -0.770. The molecule has 0 N–H and O–H groups in total. The van der Waals surface area contributed by atoms with Crippen molar-refractivity contribution in [1.82, 2.24) is 0 Å². The van der Waals surface area contributed by atoms with Gasteiger partial charge in [-0.3, -0.25) is 0 Å². The molecule has 0 aliphatic rings. The van der Waals surface area contributed by atoms with Gasteiger partial charge in [0.15, 0.2) is 13.4 Å². The standard InChI is InChI=1S/C12H13F3IO3S/c1-2-6-11(19-20(17,18)12(13,14)15)9-16-10-7-4-3-5-8-10/h3-5,7-9H,2,6H2,1H3/q+1/b11-9+. The summed E-state index contributed by atoms with van der Waals surface area (Å²) in [6.07, 6.45) is 0.652. The first-order valence-electron chi connectivity index (χ1n) is 5.64. The van der Waals surface area contributed by atoms with Crippen molar-refractivity contribution in [2.24, 2.45) is 0 Å². The Bertz CT molecular complexity index is 553. The zero-order chi connectivity index (χ0) is 15.2. The summed E-state index contributed by atoms with van der Waals surface area (Å²) < 4.78 is 65.4. The molecule has 0 aliphatic heterocycles. The van der Waals surface area contributed by atoms with Gasteiger partial charge in [0, 0.05) is 6.42 Å². The van der Waals surface area contributed by atoms with Gasteiger partial charge in [-0.1, -0.05) is 25.1 Å². The number of halogens is 4. The first-order chi connectivity index (χ1) is 9.26. The average molecular weight is 421 g/mol. The number of rotatable bonds is 6. The Morgan fingerprint density at radius 1 is 1.30 bits per heavy atom. The van der Waals surface area contributed by atoms with Crippen LogP contribution in [0.15, 0.2) is 40.2 Å². The summed E-state index contributed by atoms with van der Waals surface area (Å²) in [5, 5.41) is 0. The lowest BCUT2D eigenvalue weighted by atomic mass is 10.3. The third kappa shape index (κ3) is 5.31. The van der Waals surface area contributed by atoms with Crippen molar-refractivity contribution in [2.75, 3.05) is 0 Å². The van der Waals surface area contributed by atoms with Crippen molar-refractivity contribution in [2.45, 2.75) is 25.3 Å². The molecule has 0 amide bonds. The molecule has 1 aromatic carbocycles. The van der Waals surface area contributed by atoms with Gasteiger partial charge in [-0.25, -0.2) is 0 Å². The fourth-order valence-corrected chi connectivity index (χ4v) is 3.82. The van der Waals surface area contributed by atoms with Gasteiger partial charge in [-0.05, 0) is 18.6 Å². The molecule has 0 aliphatic carbocycles. The van der Waals surface area contributed by atoms with Crippen LogP contribution in [0.4, 0.5) is 13.2 Å². The topological polar surface area (TPSA) is 43.4 Å². The van der Waals surface area contributed by atoms with Crippen LogP contribution in [0.1, 0.15) is 19.8 Å². The molecule has 0 heterocycles. The molecule has 0 fully saturated rings. The van der Waals surface area contributed by atoms with Gasteiger partial charge in [0.05, 0.1) is 0 Å². The first-order valence-corrected chi connectivity index (χ1v) is 9.38. The maximum Gasteiger partial charge on any atom is 0.534 e. The predicted molar refractivity (Wildman–Crippen MR) is 64.2 cm³/mol. The summed E-state index contributed by atoms with van der Waals surface area (Å²) in [6.45, 7) is 1.73. The largest absolute Gasteiger partial charge is 0.534 e. The minimum atomic E-state index is -5.57. The number of hydrogen-bond donors (Lipinski definition) is 0. The minimum absolute atomic E-state index is 0.138. The lowest BCUT2D eigenvalue weighted by Gasteiger charge is -2.09. The number of alkyl halides is 3. The van der Waals surface area contributed by atoms with Crippen molar-refractivity contribution in [3.05, 3.63) is 43.7 Å².